The van der Waals surface area contributed by atoms with Crippen molar-refractivity contribution in [2.75, 3.05) is 13.1 Å². The van der Waals surface area contributed by atoms with Crippen LogP contribution in [0.25, 0.3) is 11.5 Å². The van der Waals surface area contributed by atoms with Crippen LogP contribution in [0.4, 0.5) is 0 Å². The Morgan fingerprint density at radius 3 is 2.54 bits per heavy atom. The molecular weight excluding hydrogens is 328 g/mol. The maximum atomic E-state index is 12.5. The van der Waals surface area contributed by atoms with E-state index in [1.807, 2.05) is 54.3 Å². The van der Waals surface area contributed by atoms with E-state index in [0.717, 1.165) is 29.7 Å². The van der Waals surface area contributed by atoms with Gasteiger partial charge < -0.3 is 9.32 Å². The van der Waals surface area contributed by atoms with Gasteiger partial charge in [0.2, 0.25) is 11.8 Å². The number of pyridine rings is 1. The summed E-state index contributed by atoms with van der Waals surface area (Å²) in [6, 6.07) is 13.3. The summed E-state index contributed by atoms with van der Waals surface area (Å²) in [4.78, 5) is 18.7. The van der Waals surface area contributed by atoms with Crippen molar-refractivity contribution >= 4 is 5.91 Å². The standard InChI is InChI=1S/C20H20N4O2/c1-14-7-8-17(13-21-14)19-23-22-18(26-19)15-9-11-24(12-10-15)20(25)16-5-3-2-4-6-16/h2-8,13,15H,9-12H2,1H3. The number of piperidine rings is 1. The van der Waals surface area contributed by atoms with Gasteiger partial charge in [0.25, 0.3) is 5.91 Å². The van der Waals surface area contributed by atoms with Crippen LogP contribution in [0.1, 0.15) is 40.7 Å². The van der Waals surface area contributed by atoms with E-state index in [1.165, 1.54) is 0 Å². The molecule has 3 heterocycles. The molecule has 6 nitrogen and oxygen atoms in total. The number of amides is 1. The van der Waals surface area contributed by atoms with Crippen molar-refractivity contribution < 1.29 is 9.21 Å². The molecule has 1 amide bonds. The van der Waals surface area contributed by atoms with Crippen LogP contribution >= 0.6 is 0 Å². The summed E-state index contributed by atoms with van der Waals surface area (Å²) < 4.78 is 5.86. The van der Waals surface area contributed by atoms with Crippen LogP contribution in [0.5, 0.6) is 0 Å². The van der Waals surface area contributed by atoms with E-state index in [0.29, 0.717) is 24.9 Å². The summed E-state index contributed by atoms with van der Waals surface area (Å²) in [5.41, 5.74) is 2.51. The summed E-state index contributed by atoms with van der Waals surface area (Å²) in [6.45, 7) is 3.33. The van der Waals surface area contributed by atoms with Crippen LogP contribution in [-0.4, -0.2) is 39.1 Å². The zero-order valence-corrected chi connectivity index (χ0v) is 14.6. The minimum Gasteiger partial charge on any atom is -0.420 e. The van der Waals surface area contributed by atoms with Gasteiger partial charge in [0.05, 0.1) is 5.56 Å². The van der Waals surface area contributed by atoms with E-state index in [9.17, 15) is 4.79 Å². The van der Waals surface area contributed by atoms with Gasteiger partial charge in [-0.25, -0.2) is 0 Å². The molecule has 1 aromatic carbocycles. The molecule has 0 unspecified atom stereocenters. The Bertz CT molecular complexity index is 882. The highest BCUT2D eigenvalue weighted by molar-refractivity contribution is 5.94. The molecule has 0 atom stereocenters. The van der Waals surface area contributed by atoms with E-state index in [2.05, 4.69) is 15.2 Å². The molecule has 4 rings (SSSR count). The smallest absolute Gasteiger partial charge is 0.253 e. The number of carbonyl (C=O) groups excluding carboxylic acids is 1. The first-order valence-corrected chi connectivity index (χ1v) is 8.81. The lowest BCUT2D eigenvalue weighted by Gasteiger charge is -2.30. The first-order valence-electron chi connectivity index (χ1n) is 8.81. The number of benzene rings is 1. The summed E-state index contributed by atoms with van der Waals surface area (Å²) in [5.74, 6) is 1.41. The number of hydrogen-bond acceptors (Lipinski definition) is 5. The molecule has 1 aliphatic rings. The van der Waals surface area contributed by atoms with Crippen LogP contribution in [-0.2, 0) is 0 Å². The maximum absolute atomic E-state index is 12.5. The van der Waals surface area contributed by atoms with Gasteiger partial charge in [-0.3, -0.25) is 9.78 Å². The molecule has 1 fully saturated rings. The average molecular weight is 348 g/mol. The fourth-order valence-corrected chi connectivity index (χ4v) is 3.20. The monoisotopic (exact) mass is 348 g/mol. The summed E-state index contributed by atoms with van der Waals surface area (Å²) >= 11 is 0. The van der Waals surface area contributed by atoms with Crippen LogP contribution in [0.2, 0.25) is 0 Å². The molecule has 1 aliphatic heterocycles. The van der Waals surface area contributed by atoms with Gasteiger partial charge in [-0.2, -0.15) is 0 Å². The van der Waals surface area contributed by atoms with Crippen molar-refractivity contribution in [3.8, 4) is 11.5 Å². The van der Waals surface area contributed by atoms with Crippen molar-refractivity contribution in [3.63, 3.8) is 0 Å². The highest BCUT2D eigenvalue weighted by atomic mass is 16.4. The van der Waals surface area contributed by atoms with E-state index in [-0.39, 0.29) is 11.8 Å². The number of aryl methyl sites for hydroxylation is 1. The molecule has 0 N–H and O–H groups in total. The van der Waals surface area contributed by atoms with Crippen molar-refractivity contribution in [1.82, 2.24) is 20.1 Å². The second kappa shape index (κ2) is 7.07. The van der Waals surface area contributed by atoms with Crippen LogP contribution in [0, 0.1) is 6.92 Å². The number of nitrogens with zero attached hydrogens (tertiary/aromatic N) is 4. The first-order chi connectivity index (χ1) is 12.7. The Labute approximate surface area is 151 Å². The third kappa shape index (κ3) is 3.35. The topological polar surface area (TPSA) is 72.1 Å². The molecule has 132 valence electrons. The van der Waals surface area contributed by atoms with Gasteiger partial charge in [0, 0.05) is 36.5 Å². The Balaban J connectivity index is 1.41. The van der Waals surface area contributed by atoms with Crippen molar-refractivity contribution in [2.45, 2.75) is 25.7 Å². The van der Waals surface area contributed by atoms with Gasteiger partial charge in [0.1, 0.15) is 0 Å². The van der Waals surface area contributed by atoms with E-state index >= 15 is 0 Å². The SMILES string of the molecule is Cc1ccc(-c2nnc(C3CCN(C(=O)c4ccccc4)CC3)o2)cn1. The van der Waals surface area contributed by atoms with E-state index < -0.39 is 0 Å². The lowest BCUT2D eigenvalue weighted by molar-refractivity contribution is 0.0706. The van der Waals surface area contributed by atoms with Crippen molar-refractivity contribution in [2.24, 2.45) is 0 Å². The molecule has 0 bridgehead atoms. The fraction of sp³-hybridized carbons (Fsp3) is 0.300. The molecule has 0 saturated carbocycles. The highest BCUT2D eigenvalue weighted by Crippen LogP contribution is 2.29. The van der Waals surface area contributed by atoms with Crippen LogP contribution in [0.3, 0.4) is 0 Å². The number of carbonyl (C=O) groups is 1. The number of rotatable bonds is 3. The molecule has 26 heavy (non-hydrogen) atoms. The molecular formula is C20H20N4O2. The summed E-state index contributed by atoms with van der Waals surface area (Å²) in [7, 11) is 0. The van der Waals surface area contributed by atoms with Gasteiger partial charge in [0.15, 0.2) is 0 Å². The predicted molar refractivity (Wildman–Crippen MR) is 96.6 cm³/mol. The Kier molecular flexibility index (Phi) is 4.48. The molecule has 0 radical (unpaired) electrons. The normalized spacial score (nSPS) is 15.2. The number of likely N-dealkylation sites (tertiary alicyclic amines) is 1. The minimum absolute atomic E-state index is 0.0843. The lowest BCUT2D eigenvalue weighted by Crippen LogP contribution is -2.37. The average Bonchev–Trinajstić information content (AvgIpc) is 3.19. The van der Waals surface area contributed by atoms with Gasteiger partial charge >= 0.3 is 0 Å². The number of aromatic nitrogens is 3. The molecule has 2 aromatic heterocycles. The quantitative estimate of drug-likeness (QED) is 0.725. The maximum Gasteiger partial charge on any atom is 0.253 e. The first kappa shape index (κ1) is 16.4. The van der Waals surface area contributed by atoms with Gasteiger partial charge in [-0.1, -0.05) is 18.2 Å². The van der Waals surface area contributed by atoms with Crippen molar-refractivity contribution in [1.29, 1.82) is 0 Å². The zero-order chi connectivity index (χ0) is 17.9. The summed E-state index contributed by atoms with van der Waals surface area (Å²) in [6.07, 6.45) is 3.40. The predicted octanol–water partition coefficient (Wildman–Crippen LogP) is 3.46. The van der Waals surface area contributed by atoms with Crippen LogP contribution < -0.4 is 0 Å². The molecule has 1 saturated heterocycles. The minimum atomic E-state index is 0.0843. The lowest BCUT2D eigenvalue weighted by atomic mass is 9.96. The third-order valence-electron chi connectivity index (χ3n) is 4.75. The van der Waals surface area contributed by atoms with Crippen molar-refractivity contribution in [3.05, 3.63) is 65.8 Å². The second-order valence-corrected chi connectivity index (χ2v) is 6.57. The molecule has 0 spiro atoms. The zero-order valence-electron chi connectivity index (χ0n) is 14.6. The highest BCUT2D eigenvalue weighted by Gasteiger charge is 2.28. The van der Waals surface area contributed by atoms with E-state index in [4.69, 9.17) is 4.42 Å². The van der Waals surface area contributed by atoms with Crippen LogP contribution in [0.15, 0.2) is 53.1 Å². The van der Waals surface area contributed by atoms with E-state index in [1.54, 1.807) is 6.20 Å². The fourth-order valence-electron chi connectivity index (χ4n) is 3.20. The third-order valence-corrected chi connectivity index (χ3v) is 4.75. The number of hydrogen-bond donors (Lipinski definition) is 0. The Morgan fingerprint density at radius 2 is 1.85 bits per heavy atom. The Hall–Kier alpha value is -3.02. The molecule has 3 aromatic rings. The molecule has 0 aliphatic carbocycles. The second-order valence-electron chi connectivity index (χ2n) is 6.57. The van der Waals surface area contributed by atoms with Gasteiger partial charge in [-0.05, 0) is 44.0 Å². The van der Waals surface area contributed by atoms with Gasteiger partial charge in [-0.15, -0.1) is 10.2 Å². The Morgan fingerprint density at radius 1 is 1.08 bits per heavy atom. The summed E-state index contributed by atoms with van der Waals surface area (Å²) in [5, 5.41) is 8.37. The largest absolute Gasteiger partial charge is 0.420 e. The molecule has 6 heteroatoms.